The van der Waals surface area contributed by atoms with Gasteiger partial charge < -0.3 is 5.32 Å². The van der Waals surface area contributed by atoms with Gasteiger partial charge in [0.05, 0.1) is 17.4 Å². The molecule has 2 aromatic rings. The van der Waals surface area contributed by atoms with Crippen molar-refractivity contribution in [1.29, 1.82) is 5.26 Å². The zero-order valence-corrected chi connectivity index (χ0v) is 10.4. The highest BCUT2D eigenvalue weighted by Crippen LogP contribution is 2.15. The summed E-state index contributed by atoms with van der Waals surface area (Å²) in [7, 11) is 0. The molecule has 2 rings (SSSR count). The molecule has 0 amide bonds. The number of anilines is 1. The highest BCUT2D eigenvalue weighted by atomic mass is 32.1. The minimum atomic E-state index is 0.279. The number of hydrogen-bond donors (Lipinski definition) is 1. The predicted octanol–water partition coefficient (Wildman–Crippen LogP) is 3.06. The second kappa shape index (κ2) is 5.46. The van der Waals surface area contributed by atoms with Crippen LogP contribution in [0.15, 0.2) is 35.3 Å². The third-order valence-corrected chi connectivity index (χ3v) is 3.20. The van der Waals surface area contributed by atoms with Gasteiger partial charge in [0.15, 0.2) is 0 Å². The minimum Gasteiger partial charge on any atom is -0.380 e. The fraction of sp³-hybridized carbons (Fsp3) is 0.231. The van der Waals surface area contributed by atoms with E-state index in [0.29, 0.717) is 5.56 Å². The molecule has 2 heterocycles. The van der Waals surface area contributed by atoms with Crippen molar-refractivity contribution in [2.45, 2.75) is 19.4 Å². The van der Waals surface area contributed by atoms with Crippen LogP contribution in [0.1, 0.15) is 18.1 Å². The largest absolute Gasteiger partial charge is 0.380 e. The molecule has 0 saturated heterocycles. The molecule has 0 aliphatic rings. The molecule has 1 unspecified atom stereocenters. The van der Waals surface area contributed by atoms with E-state index < -0.39 is 0 Å². The first-order chi connectivity index (χ1) is 8.29. The average Bonchev–Trinajstić information content (AvgIpc) is 2.82. The molecular formula is C13H13N3S. The first-order valence-corrected chi connectivity index (χ1v) is 6.35. The van der Waals surface area contributed by atoms with E-state index in [2.05, 4.69) is 40.1 Å². The third kappa shape index (κ3) is 3.05. The molecule has 4 heteroatoms. The average molecular weight is 243 g/mol. The van der Waals surface area contributed by atoms with Crippen molar-refractivity contribution in [2.24, 2.45) is 0 Å². The van der Waals surface area contributed by atoms with Crippen LogP contribution in [0.2, 0.25) is 0 Å². The van der Waals surface area contributed by atoms with Crippen LogP contribution in [0.3, 0.4) is 0 Å². The maximum atomic E-state index is 8.97. The van der Waals surface area contributed by atoms with E-state index in [-0.39, 0.29) is 6.04 Å². The summed E-state index contributed by atoms with van der Waals surface area (Å²) in [5.41, 5.74) is 2.76. The maximum Gasteiger partial charge on any atom is 0.101 e. The second-order valence-corrected chi connectivity index (χ2v) is 4.69. The van der Waals surface area contributed by atoms with Crippen LogP contribution in [0, 0.1) is 11.3 Å². The highest BCUT2D eigenvalue weighted by Gasteiger charge is 2.07. The molecule has 0 bridgehead atoms. The van der Waals surface area contributed by atoms with Crippen molar-refractivity contribution in [3.8, 4) is 6.07 Å². The molecule has 0 saturated carbocycles. The van der Waals surface area contributed by atoms with E-state index in [9.17, 15) is 0 Å². The van der Waals surface area contributed by atoms with Gasteiger partial charge in [0.25, 0.3) is 0 Å². The zero-order chi connectivity index (χ0) is 12.1. The van der Waals surface area contributed by atoms with E-state index >= 15 is 0 Å². The molecule has 0 aromatic carbocycles. The SMILES string of the molecule is CC(Cc1ccsc1)Nc1cnccc1C#N. The number of nitrogens with one attached hydrogen (secondary N) is 1. The number of nitriles is 1. The molecule has 0 radical (unpaired) electrons. The van der Waals surface area contributed by atoms with Crippen LogP contribution in [-0.2, 0) is 6.42 Å². The normalized spacial score (nSPS) is 11.8. The Morgan fingerprint density at radius 2 is 2.41 bits per heavy atom. The van der Waals surface area contributed by atoms with Crippen LogP contribution < -0.4 is 5.32 Å². The smallest absolute Gasteiger partial charge is 0.101 e. The summed E-state index contributed by atoms with van der Waals surface area (Å²) in [6.07, 6.45) is 4.28. The Morgan fingerprint density at radius 3 is 3.12 bits per heavy atom. The number of nitrogens with zero attached hydrogens (tertiary/aromatic N) is 2. The van der Waals surface area contributed by atoms with E-state index in [4.69, 9.17) is 5.26 Å². The molecular weight excluding hydrogens is 230 g/mol. The Morgan fingerprint density at radius 1 is 1.53 bits per heavy atom. The third-order valence-electron chi connectivity index (χ3n) is 2.47. The summed E-state index contributed by atoms with van der Waals surface area (Å²) in [5.74, 6) is 0. The first-order valence-electron chi connectivity index (χ1n) is 5.41. The van der Waals surface area contributed by atoms with Crippen LogP contribution in [-0.4, -0.2) is 11.0 Å². The standard InChI is InChI=1S/C13H13N3S/c1-10(6-11-3-5-17-9-11)16-13-8-15-4-2-12(13)7-14/h2-5,8-10,16H,6H2,1H3. The number of pyridine rings is 1. The minimum absolute atomic E-state index is 0.279. The van der Waals surface area contributed by atoms with E-state index in [1.807, 2.05) is 0 Å². The van der Waals surface area contributed by atoms with E-state index in [1.165, 1.54) is 5.56 Å². The van der Waals surface area contributed by atoms with Gasteiger partial charge >= 0.3 is 0 Å². The van der Waals surface area contributed by atoms with Crippen molar-refractivity contribution < 1.29 is 0 Å². The van der Waals surface area contributed by atoms with Gasteiger partial charge in [-0.05, 0) is 41.8 Å². The summed E-state index contributed by atoms with van der Waals surface area (Å²) >= 11 is 1.70. The van der Waals surface area contributed by atoms with Crippen LogP contribution in [0.5, 0.6) is 0 Å². The fourth-order valence-corrected chi connectivity index (χ4v) is 2.37. The van der Waals surface area contributed by atoms with Gasteiger partial charge in [-0.3, -0.25) is 4.98 Å². The van der Waals surface area contributed by atoms with Gasteiger partial charge in [-0.15, -0.1) is 0 Å². The van der Waals surface area contributed by atoms with Crippen molar-refractivity contribution >= 4 is 17.0 Å². The molecule has 0 aliphatic carbocycles. The zero-order valence-electron chi connectivity index (χ0n) is 9.55. The van der Waals surface area contributed by atoms with Crippen molar-refractivity contribution in [2.75, 3.05) is 5.32 Å². The van der Waals surface area contributed by atoms with Gasteiger partial charge in [0, 0.05) is 12.2 Å². The Bertz CT molecular complexity index is 514. The van der Waals surface area contributed by atoms with Gasteiger partial charge in [0.1, 0.15) is 6.07 Å². The number of thiophene rings is 1. The molecule has 0 aliphatic heterocycles. The number of rotatable bonds is 4. The first kappa shape index (κ1) is 11.6. The Hall–Kier alpha value is -1.86. The lowest BCUT2D eigenvalue weighted by Crippen LogP contribution is -2.18. The number of aromatic nitrogens is 1. The topological polar surface area (TPSA) is 48.7 Å². The van der Waals surface area contributed by atoms with Gasteiger partial charge in [-0.1, -0.05) is 0 Å². The van der Waals surface area contributed by atoms with Crippen molar-refractivity contribution in [3.63, 3.8) is 0 Å². The molecule has 0 spiro atoms. The van der Waals surface area contributed by atoms with Gasteiger partial charge in [0.2, 0.25) is 0 Å². The predicted molar refractivity (Wildman–Crippen MR) is 70.1 cm³/mol. The summed E-state index contributed by atoms with van der Waals surface area (Å²) in [6.45, 7) is 2.10. The molecule has 2 aromatic heterocycles. The van der Waals surface area contributed by atoms with Crippen LogP contribution in [0.4, 0.5) is 5.69 Å². The van der Waals surface area contributed by atoms with Gasteiger partial charge in [-0.2, -0.15) is 16.6 Å². The second-order valence-electron chi connectivity index (χ2n) is 3.91. The van der Waals surface area contributed by atoms with Crippen LogP contribution >= 0.6 is 11.3 Å². The Balaban J connectivity index is 2.03. The molecule has 1 N–H and O–H groups in total. The molecule has 3 nitrogen and oxygen atoms in total. The fourth-order valence-electron chi connectivity index (χ4n) is 1.69. The summed E-state index contributed by atoms with van der Waals surface area (Å²) in [6, 6.07) is 6.28. The molecule has 1 atom stereocenters. The molecule has 86 valence electrons. The Kier molecular flexibility index (Phi) is 3.73. The maximum absolute atomic E-state index is 8.97. The summed E-state index contributed by atoms with van der Waals surface area (Å²) in [4.78, 5) is 4.03. The number of hydrogen-bond acceptors (Lipinski definition) is 4. The molecule has 0 fully saturated rings. The van der Waals surface area contributed by atoms with E-state index in [0.717, 1.165) is 12.1 Å². The summed E-state index contributed by atoms with van der Waals surface area (Å²) < 4.78 is 0. The van der Waals surface area contributed by atoms with E-state index in [1.54, 1.807) is 29.8 Å². The molecule has 17 heavy (non-hydrogen) atoms. The van der Waals surface area contributed by atoms with Crippen LogP contribution in [0.25, 0.3) is 0 Å². The quantitative estimate of drug-likeness (QED) is 0.897. The monoisotopic (exact) mass is 243 g/mol. The summed E-state index contributed by atoms with van der Waals surface area (Å²) in [5, 5.41) is 16.5. The van der Waals surface area contributed by atoms with Gasteiger partial charge in [-0.25, -0.2) is 0 Å². The van der Waals surface area contributed by atoms with Crippen molar-refractivity contribution in [3.05, 3.63) is 46.4 Å². The lowest BCUT2D eigenvalue weighted by Gasteiger charge is -2.15. The Labute approximate surface area is 105 Å². The highest BCUT2D eigenvalue weighted by molar-refractivity contribution is 7.07. The van der Waals surface area contributed by atoms with Crippen molar-refractivity contribution in [1.82, 2.24) is 4.98 Å². The lowest BCUT2D eigenvalue weighted by atomic mass is 10.1. The lowest BCUT2D eigenvalue weighted by molar-refractivity contribution is 0.791.